The van der Waals surface area contributed by atoms with Gasteiger partial charge in [-0.1, -0.05) is 6.07 Å². The van der Waals surface area contributed by atoms with E-state index in [9.17, 15) is 10.2 Å². The summed E-state index contributed by atoms with van der Waals surface area (Å²) in [6.45, 7) is 2.85. The predicted octanol–water partition coefficient (Wildman–Crippen LogP) is 2.22. The highest BCUT2D eigenvalue weighted by atomic mass is 32.1. The first-order valence-corrected chi connectivity index (χ1v) is 7.98. The molecule has 0 radical (unpaired) electrons. The van der Waals surface area contributed by atoms with E-state index in [4.69, 9.17) is 0 Å². The smallest absolute Gasteiger partial charge is 0.141 e. The maximum Gasteiger partial charge on any atom is 0.141 e. The van der Waals surface area contributed by atoms with Crippen molar-refractivity contribution in [3.05, 3.63) is 46.8 Å². The Bertz CT molecular complexity index is 834. The molecule has 2 heterocycles. The second-order valence-electron chi connectivity index (χ2n) is 5.61. The number of aliphatic hydroxyl groups excluding tert-OH is 1. The summed E-state index contributed by atoms with van der Waals surface area (Å²) in [7, 11) is 1.97. The molecule has 0 saturated heterocycles. The SMILES string of the molecule is Cc1ncc(CO)c(CN(C)Cc2ccc3nsnc3c2)c1O. The number of aliphatic hydroxyl groups is 1. The molecular formula is C16H18N4O2S. The number of aromatic nitrogens is 3. The van der Waals surface area contributed by atoms with Crippen LogP contribution in [-0.4, -0.2) is 35.9 Å². The van der Waals surface area contributed by atoms with Crippen molar-refractivity contribution in [2.75, 3.05) is 7.05 Å². The van der Waals surface area contributed by atoms with Crippen LogP contribution in [0.2, 0.25) is 0 Å². The minimum atomic E-state index is -0.138. The molecule has 3 rings (SSSR count). The molecule has 0 atom stereocenters. The first kappa shape index (κ1) is 15.8. The molecule has 23 heavy (non-hydrogen) atoms. The Morgan fingerprint density at radius 3 is 2.74 bits per heavy atom. The van der Waals surface area contributed by atoms with Gasteiger partial charge in [0.1, 0.15) is 16.8 Å². The number of pyridine rings is 1. The number of rotatable bonds is 5. The predicted molar refractivity (Wildman–Crippen MR) is 89.1 cm³/mol. The maximum absolute atomic E-state index is 10.2. The first-order valence-electron chi connectivity index (χ1n) is 7.25. The molecule has 6 nitrogen and oxygen atoms in total. The number of hydrogen-bond donors (Lipinski definition) is 2. The fourth-order valence-corrected chi connectivity index (χ4v) is 3.08. The second-order valence-corrected chi connectivity index (χ2v) is 6.14. The van der Waals surface area contributed by atoms with E-state index < -0.39 is 0 Å². The van der Waals surface area contributed by atoms with E-state index in [0.29, 0.717) is 24.3 Å². The van der Waals surface area contributed by atoms with E-state index in [1.54, 1.807) is 13.1 Å². The molecule has 1 aromatic carbocycles. The molecule has 120 valence electrons. The number of hydrogen-bond acceptors (Lipinski definition) is 7. The van der Waals surface area contributed by atoms with Crippen LogP contribution in [0, 0.1) is 6.92 Å². The molecule has 0 aliphatic heterocycles. The Kier molecular flexibility index (Phi) is 4.51. The molecule has 0 amide bonds. The van der Waals surface area contributed by atoms with Crippen molar-refractivity contribution in [1.82, 2.24) is 18.6 Å². The third-order valence-electron chi connectivity index (χ3n) is 3.80. The van der Waals surface area contributed by atoms with Crippen LogP contribution in [0.5, 0.6) is 5.75 Å². The molecule has 3 aromatic rings. The van der Waals surface area contributed by atoms with Gasteiger partial charge in [0.2, 0.25) is 0 Å². The van der Waals surface area contributed by atoms with Crippen LogP contribution in [0.1, 0.15) is 22.4 Å². The monoisotopic (exact) mass is 330 g/mol. The van der Waals surface area contributed by atoms with Crippen molar-refractivity contribution in [2.45, 2.75) is 26.6 Å². The molecule has 2 N–H and O–H groups in total. The summed E-state index contributed by atoms with van der Waals surface area (Å²) in [5, 5.41) is 19.7. The van der Waals surface area contributed by atoms with Crippen molar-refractivity contribution in [2.24, 2.45) is 0 Å². The van der Waals surface area contributed by atoms with Crippen LogP contribution in [0.15, 0.2) is 24.4 Å². The molecule has 7 heteroatoms. The van der Waals surface area contributed by atoms with Gasteiger partial charge in [-0.05, 0) is 31.7 Å². The number of nitrogens with zero attached hydrogens (tertiary/aromatic N) is 4. The third-order valence-corrected chi connectivity index (χ3v) is 4.36. The van der Waals surface area contributed by atoms with E-state index in [1.165, 1.54) is 11.7 Å². The van der Waals surface area contributed by atoms with Crippen molar-refractivity contribution < 1.29 is 10.2 Å². The Morgan fingerprint density at radius 2 is 1.96 bits per heavy atom. The van der Waals surface area contributed by atoms with Gasteiger partial charge in [-0.25, -0.2) is 0 Å². The summed E-state index contributed by atoms with van der Waals surface area (Å²) < 4.78 is 8.45. The molecular weight excluding hydrogens is 312 g/mol. The summed E-state index contributed by atoms with van der Waals surface area (Å²) in [6, 6.07) is 6.03. The van der Waals surface area contributed by atoms with Gasteiger partial charge in [-0.2, -0.15) is 8.75 Å². The van der Waals surface area contributed by atoms with E-state index in [-0.39, 0.29) is 12.4 Å². The molecule has 0 fully saturated rings. The van der Waals surface area contributed by atoms with Crippen LogP contribution in [0.25, 0.3) is 11.0 Å². The summed E-state index contributed by atoms with van der Waals surface area (Å²) in [4.78, 5) is 6.17. The van der Waals surface area contributed by atoms with Gasteiger partial charge in [0.05, 0.1) is 24.0 Å². The molecule has 0 bridgehead atoms. The number of fused-ring (bicyclic) bond motifs is 1. The summed E-state index contributed by atoms with van der Waals surface area (Å²) in [5.41, 5.74) is 4.88. The highest BCUT2D eigenvalue weighted by Crippen LogP contribution is 2.25. The zero-order valence-corrected chi connectivity index (χ0v) is 13.8. The van der Waals surface area contributed by atoms with Crippen LogP contribution in [0.3, 0.4) is 0 Å². The lowest BCUT2D eigenvalue weighted by Crippen LogP contribution is -2.18. The zero-order valence-electron chi connectivity index (χ0n) is 13.0. The quantitative estimate of drug-likeness (QED) is 0.746. The van der Waals surface area contributed by atoms with E-state index in [2.05, 4.69) is 18.6 Å². The highest BCUT2D eigenvalue weighted by molar-refractivity contribution is 7.00. The maximum atomic E-state index is 10.2. The number of benzene rings is 1. The molecule has 0 saturated carbocycles. The van der Waals surface area contributed by atoms with Crippen LogP contribution in [0.4, 0.5) is 0 Å². The van der Waals surface area contributed by atoms with E-state index in [1.807, 2.05) is 25.2 Å². The molecule has 0 unspecified atom stereocenters. The van der Waals surface area contributed by atoms with Crippen molar-refractivity contribution >= 4 is 22.8 Å². The zero-order chi connectivity index (χ0) is 16.4. The standard InChI is InChI=1S/C16H18N4O2S/c1-10-16(22)13(12(9-21)6-17-10)8-20(2)7-11-3-4-14-15(5-11)19-23-18-14/h3-6,21-22H,7-9H2,1-2H3. The summed E-state index contributed by atoms with van der Waals surface area (Å²) >= 11 is 1.21. The Balaban J connectivity index is 1.79. The Labute approximate surface area is 138 Å². The highest BCUT2D eigenvalue weighted by Gasteiger charge is 2.14. The Morgan fingerprint density at radius 1 is 1.17 bits per heavy atom. The van der Waals surface area contributed by atoms with Gasteiger partial charge in [0.25, 0.3) is 0 Å². The minimum absolute atomic E-state index is 0.138. The van der Waals surface area contributed by atoms with Gasteiger partial charge in [0.15, 0.2) is 0 Å². The normalized spacial score (nSPS) is 11.5. The number of aromatic hydroxyl groups is 1. The Hall–Kier alpha value is -2.09. The van der Waals surface area contributed by atoms with Crippen molar-refractivity contribution in [3.8, 4) is 5.75 Å². The largest absolute Gasteiger partial charge is 0.506 e. The molecule has 0 aliphatic rings. The van der Waals surface area contributed by atoms with Crippen LogP contribution in [-0.2, 0) is 19.7 Å². The average Bonchev–Trinajstić information content (AvgIpc) is 2.99. The fourth-order valence-electron chi connectivity index (χ4n) is 2.56. The topological polar surface area (TPSA) is 82.4 Å². The number of aryl methyl sites for hydroxylation is 1. The van der Waals surface area contributed by atoms with Crippen LogP contribution >= 0.6 is 11.7 Å². The van der Waals surface area contributed by atoms with Gasteiger partial charge in [-0.3, -0.25) is 9.88 Å². The lowest BCUT2D eigenvalue weighted by atomic mass is 10.1. The molecule has 0 spiro atoms. The molecule has 2 aromatic heterocycles. The van der Waals surface area contributed by atoms with Crippen LogP contribution < -0.4 is 0 Å². The fraction of sp³-hybridized carbons (Fsp3) is 0.312. The summed E-state index contributed by atoms with van der Waals surface area (Å²) in [6.07, 6.45) is 1.62. The van der Waals surface area contributed by atoms with Gasteiger partial charge >= 0.3 is 0 Å². The summed E-state index contributed by atoms with van der Waals surface area (Å²) in [5.74, 6) is 0.155. The molecule has 0 aliphatic carbocycles. The minimum Gasteiger partial charge on any atom is -0.506 e. The van der Waals surface area contributed by atoms with Gasteiger partial charge in [-0.15, -0.1) is 0 Å². The first-order chi connectivity index (χ1) is 11.1. The lowest BCUT2D eigenvalue weighted by Gasteiger charge is -2.20. The van der Waals surface area contributed by atoms with Crippen molar-refractivity contribution in [3.63, 3.8) is 0 Å². The van der Waals surface area contributed by atoms with Gasteiger partial charge < -0.3 is 10.2 Å². The lowest BCUT2D eigenvalue weighted by molar-refractivity contribution is 0.270. The third kappa shape index (κ3) is 3.31. The van der Waals surface area contributed by atoms with E-state index in [0.717, 1.165) is 22.2 Å². The van der Waals surface area contributed by atoms with E-state index >= 15 is 0 Å². The second kappa shape index (κ2) is 6.57. The van der Waals surface area contributed by atoms with Gasteiger partial charge in [0, 0.05) is 30.4 Å². The average molecular weight is 330 g/mol. The van der Waals surface area contributed by atoms with Crippen molar-refractivity contribution in [1.29, 1.82) is 0 Å².